The van der Waals surface area contributed by atoms with Gasteiger partial charge in [0, 0.05) is 5.69 Å². The average molecular weight is 511 g/mol. The molecule has 4 rings (SSSR count). The minimum atomic E-state index is -0.442. The summed E-state index contributed by atoms with van der Waals surface area (Å²) in [5, 5.41) is 14.7. The number of carbonyl (C=O) groups excluding carboxylic acids is 1. The molecule has 168 valence electrons. The number of halogens is 1. The summed E-state index contributed by atoms with van der Waals surface area (Å²) in [5.41, 5.74) is 4.56. The lowest BCUT2D eigenvalue weighted by Gasteiger charge is -2.10. The van der Waals surface area contributed by atoms with Crippen LogP contribution in [0, 0.1) is 25.2 Å². The zero-order valence-corrected chi connectivity index (χ0v) is 20.5. The Balaban J connectivity index is 1.46. The zero-order chi connectivity index (χ0) is 24.1. The molecule has 0 aliphatic rings. The molecule has 34 heavy (non-hydrogen) atoms. The van der Waals surface area contributed by atoms with Crippen molar-refractivity contribution in [2.24, 2.45) is 0 Å². The first kappa shape index (κ1) is 23.3. The highest BCUT2D eigenvalue weighted by molar-refractivity contribution is 9.10. The molecule has 0 heterocycles. The highest BCUT2D eigenvalue weighted by atomic mass is 79.9. The molecule has 0 radical (unpaired) electrons. The maximum absolute atomic E-state index is 12.7. The van der Waals surface area contributed by atoms with E-state index in [1.54, 1.807) is 6.08 Å². The number of aryl methyl sites for hydroxylation is 2. The first-order valence-electron chi connectivity index (χ1n) is 10.8. The van der Waals surface area contributed by atoms with Crippen molar-refractivity contribution in [1.82, 2.24) is 0 Å². The van der Waals surface area contributed by atoms with Crippen LogP contribution in [-0.4, -0.2) is 5.91 Å². The SMILES string of the molecule is Cc1ccc(NC(=O)/C(C#N)=C/c2ccc(OCc3ccc4ccccc4c3)c(Br)c2)c(C)c1. The normalized spacial score (nSPS) is 11.2. The number of hydrogen-bond acceptors (Lipinski definition) is 3. The van der Waals surface area contributed by atoms with Crippen LogP contribution in [0.2, 0.25) is 0 Å². The molecule has 0 bridgehead atoms. The smallest absolute Gasteiger partial charge is 0.266 e. The second kappa shape index (κ2) is 10.4. The van der Waals surface area contributed by atoms with Crippen LogP contribution in [0.5, 0.6) is 5.75 Å². The summed E-state index contributed by atoms with van der Waals surface area (Å²) in [7, 11) is 0. The zero-order valence-electron chi connectivity index (χ0n) is 18.9. The molecule has 0 unspecified atom stereocenters. The highest BCUT2D eigenvalue weighted by Gasteiger charge is 2.12. The Morgan fingerprint density at radius 1 is 1.00 bits per heavy atom. The largest absolute Gasteiger partial charge is 0.488 e. The van der Waals surface area contributed by atoms with Gasteiger partial charge in [-0.25, -0.2) is 0 Å². The van der Waals surface area contributed by atoms with E-state index in [1.165, 1.54) is 10.8 Å². The number of nitrogens with one attached hydrogen (secondary N) is 1. The number of nitrogens with zero attached hydrogens (tertiary/aromatic N) is 1. The molecule has 0 saturated heterocycles. The molecule has 0 atom stereocenters. The summed E-state index contributed by atoms with van der Waals surface area (Å²) in [6.45, 7) is 4.35. The number of benzene rings is 4. The molecule has 0 saturated carbocycles. The average Bonchev–Trinajstić information content (AvgIpc) is 2.83. The summed E-state index contributed by atoms with van der Waals surface area (Å²) in [6.07, 6.45) is 1.57. The molecule has 4 nitrogen and oxygen atoms in total. The van der Waals surface area contributed by atoms with Crippen molar-refractivity contribution in [2.45, 2.75) is 20.5 Å². The van der Waals surface area contributed by atoms with Gasteiger partial charge in [-0.05, 0) is 87.6 Å². The van der Waals surface area contributed by atoms with Crippen LogP contribution in [0.25, 0.3) is 16.8 Å². The van der Waals surface area contributed by atoms with Gasteiger partial charge in [-0.1, -0.05) is 60.2 Å². The van der Waals surface area contributed by atoms with Crippen molar-refractivity contribution in [1.29, 1.82) is 5.26 Å². The van der Waals surface area contributed by atoms with E-state index in [0.29, 0.717) is 18.0 Å². The lowest BCUT2D eigenvalue weighted by molar-refractivity contribution is -0.112. The van der Waals surface area contributed by atoms with Gasteiger partial charge in [0.2, 0.25) is 0 Å². The van der Waals surface area contributed by atoms with Crippen LogP contribution >= 0.6 is 15.9 Å². The van der Waals surface area contributed by atoms with Gasteiger partial charge in [0.05, 0.1) is 4.47 Å². The Morgan fingerprint density at radius 3 is 2.53 bits per heavy atom. The number of amides is 1. The summed E-state index contributed by atoms with van der Waals surface area (Å²) in [5.74, 6) is 0.241. The van der Waals surface area contributed by atoms with E-state index in [1.807, 2.05) is 68.4 Å². The molecule has 5 heteroatoms. The van der Waals surface area contributed by atoms with Gasteiger partial charge >= 0.3 is 0 Å². The van der Waals surface area contributed by atoms with Crippen molar-refractivity contribution in [3.05, 3.63) is 111 Å². The first-order chi connectivity index (χ1) is 16.4. The van der Waals surface area contributed by atoms with Crippen LogP contribution in [0.1, 0.15) is 22.3 Å². The molecular formula is C29H23BrN2O2. The third-order valence-corrected chi connectivity index (χ3v) is 6.09. The van der Waals surface area contributed by atoms with Gasteiger partial charge in [-0.3, -0.25) is 4.79 Å². The van der Waals surface area contributed by atoms with E-state index in [4.69, 9.17) is 4.74 Å². The van der Waals surface area contributed by atoms with E-state index in [-0.39, 0.29) is 5.57 Å². The monoisotopic (exact) mass is 510 g/mol. The summed E-state index contributed by atoms with van der Waals surface area (Å²) >= 11 is 3.54. The van der Waals surface area contributed by atoms with Gasteiger partial charge < -0.3 is 10.1 Å². The predicted octanol–water partition coefficient (Wildman–Crippen LogP) is 7.34. The second-order valence-electron chi connectivity index (χ2n) is 8.10. The fourth-order valence-electron chi connectivity index (χ4n) is 3.67. The van der Waals surface area contributed by atoms with E-state index < -0.39 is 5.91 Å². The minimum absolute atomic E-state index is 0.0247. The Kier molecular flexibility index (Phi) is 7.10. The molecule has 4 aromatic carbocycles. The molecular weight excluding hydrogens is 488 g/mol. The third-order valence-electron chi connectivity index (χ3n) is 5.47. The number of rotatable bonds is 6. The minimum Gasteiger partial charge on any atom is -0.488 e. The number of anilines is 1. The number of ether oxygens (including phenoxy) is 1. The van der Waals surface area contributed by atoms with E-state index in [2.05, 4.69) is 51.6 Å². The van der Waals surface area contributed by atoms with E-state index in [0.717, 1.165) is 26.7 Å². The molecule has 0 aliphatic carbocycles. The third kappa shape index (κ3) is 5.54. The van der Waals surface area contributed by atoms with Gasteiger partial charge in [-0.2, -0.15) is 5.26 Å². The maximum Gasteiger partial charge on any atom is 0.266 e. The first-order valence-corrected chi connectivity index (χ1v) is 11.6. The molecule has 0 aromatic heterocycles. The molecule has 1 N–H and O–H groups in total. The number of hydrogen-bond donors (Lipinski definition) is 1. The number of fused-ring (bicyclic) bond motifs is 1. The van der Waals surface area contributed by atoms with Gasteiger partial charge in [0.15, 0.2) is 0 Å². The molecule has 4 aromatic rings. The lowest BCUT2D eigenvalue weighted by Crippen LogP contribution is -2.14. The maximum atomic E-state index is 12.7. The summed E-state index contributed by atoms with van der Waals surface area (Å²) in [4.78, 5) is 12.7. The predicted molar refractivity (Wildman–Crippen MR) is 141 cm³/mol. The fourth-order valence-corrected chi connectivity index (χ4v) is 4.18. The molecule has 0 spiro atoms. The van der Waals surface area contributed by atoms with Crippen molar-refractivity contribution < 1.29 is 9.53 Å². The van der Waals surface area contributed by atoms with Crippen molar-refractivity contribution in [3.8, 4) is 11.8 Å². The van der Waals surface area contributed by atoms with Crippen LogP contribution in [0.15, 0.2) is 88.9 Å². The van der Waals surface area contributed by atoms with Crippen molar-refractivity contribution >= 4 is 44.4 Å². The summed E-state index contributed by atoms with van der Waals surface area (Å²) in [6, 6.07) is 27.7. The quantitative estimate of drug-likeness (QED) is 0.218. The Hall–Kier alpha value is -3.88. The van der Waals surface area contributed by atoms with E-state index >= 15 is 0 Å². The molecule has 0 fully saturated rings. The van der Waals surface area contributed by atoms with Crippen LogP contribution in [0.3, 0.4) is 0 Å². The highest BCUT2D eigenvalue weighted by Crippen LogP contribution is 2.28. The topological polar surface area (TPSA) is 62.1 Å². The Morgan fingerprint density at radius 2 is 1.79 bits per heavy atom. The van der Waals surface area contributed by atoms with Gasteiger partial charge in [0.25, 0.3) is 5.91 Å². The standard InChI is InChI=1S/C29H23BrN2O2/c1-19-7-11-27(20(2)13-19)32-29(33)25(17-31)14-21-9-12-28(26(30)16-21)34-18-22-8-10-23-5-3-4-6-24(23)15-22/h3-16H,18H2,1-2H3,(H,32,33)/b25-14+. The number of carbonyl (C=O) groups is 1. The Bertz CT molecular complexity index is 1450. The van der Waals surface area contributed by atoms with Crippen LogP contribution in [-0.2, 0) is 11.4 Å². The van der Waals surface area contributed by atoms with E-state index in [9.17, 15) is 10.1 Å². The van der Waals surface area contributed by atoms with Gasteiger partial charge in [0.1, 0.15) is 24.0 Å². The molecule has 0 aliphatic heterocycles. The molecule has 1 amide bonds. The van der Waals surface area contributed by atoms with Crippen molar-refractivity contribution in [2.75, 3.05) is 5.32 Å². The van der Waals surface area contributed by atoms with Crippen LogP contribution in [0.4, 0.5) is 5.69 Å². The second-order valence-corrected chi connectivity index (χ2v) is 8.96. The van der Waals surface area contributed by atoms with Gasteiger partial charge in [-0.15, -0.1) is 0 Å². The van der Waals surface area contributed by atoms with Crippen molar-refractivity contribution in [3.63, 3.8) is 0 Å². The van der Waals surface area contributed by atoms with Crippen LogP contribution < -0.4 is 10.1 Å². The fraction of sp³-hybridized carbons (Fsp3) is 0.103. The lowest BCUT2D eigenvalue weighted by atomic mass is 10.1. The Labute approximate surface area is 207 Å². The number of nitriles is 1. The summed E-state index contributed by atoms with van der Waals surface area (Å²) < 4.78 is 6.74.